The molecule has 1 N–H and O–H groups in total. The number of hydrogen-bond donors (Lipinski definition) is 1. The number of anilines is 1. The van der Waals surface area contributed by atoms with E-state index in [0.29, 0.717) is 18.5 Å². The first-order valence-corrected chi connectivity index (χ1v) is 6.13. The summed E-state index contributed by atoms with van der Waals surface area (Å²) in [4.78, 5) is 13.8. The third kappa shape index (κ3) is 4.14. The van der Waals surface area contributed by atoms with Gasteiger partial charge in [0.25, 0.3) is 0 Å². The van der Waals surface area contributed by atoms with Crippen molar-refractivity contribution in [2.75, 3.05) is 18.9 Å². The molecular formula is C13H23N3O2. The maximum Gasteiger partial charge on any atom is 0.240 e. The normalized spacial score (nSPS) is 13.7. The summed E-state index contributed by atoms with van der Waals surface area (Å²) in [7, 11) is 1.95. The highest BCUT2D eigenvalue weighted by molar-refractivity contribution is 5.90. The van der Waals surface area contributed by atoms with Gasteiger partial charge in [0.15, 0.2) is 0 Å². The smallest absolute Gasteiger partial charge is 0.240 e. The molecule has 0 aliphatic carbocycles. The lowest BCUT2D eigenvalue weighted by atomic mass is 9.87. The van der Waals surface area contributed by atoms with E-state index in [9.17, 15) is 4.79 Å². The third-order valence-corrected chi connectivity index (χ3v) is 3.20. The minimum Gasteiger partial charge on any atom is -0.338 e. The van der Waals surface area contributed by atoms with Gasteiger partial charge in [-0.3, -0.25) is 15.0 Å². The summed E-state index contributed by atoms with van der Waals surface area (Å²) < 4.78 is 4.94. The molecule has 5 nitrogen and oxygen atoms in total. The monoisotopic (exact) mass is 253 g/mol. The van der Waals surface area contributed by atoms with E-state index in [2.05, 4.69) is 38.2 Å². The first kappa shape index (κ1) is 14.7. The van der Waals surface area contributed by atoms with E-state index in [1.54, 1.807) is 6.07 Å². The summed E-state index contributed by atoms with van der Waals surface area (Å²) in [6.07, 6.45) is 0. The van der Waals surface area contributed by atoms with Gasteiger partial charge in [0, 0.05) is 12.1 Å². The zero-order valence-corrected chi connectivity index (χ0v) is 12.1. The van der Waals surface area contributed by atoms with Crippen LogP contribution in [-0.2, 0) is 4.79 Å². The van der Waals surface area contributed by atoms with E-state index >= 15 is 0 Å². The molecule has 0 bridgehead atoms. The maximum atomic E-state index is 11.8. The quantitative estimate of drug-likeness (QED) is 0.894. The molecule has 18 heavy (non-hydrogen) atoms. The van der Waals surface area contributed by atoms with Crippen LogP contribution < -0.4 is 5.32 Å². The van der Waals surface area contributed by atoms with Crippen molar-refractivity contribution >= 4 is 11.8 Å². The summed E-state index contributed by atoms with van der Waals surface area (Å²) in [6.45, 7) is 10.7. The van der Waals surface area contributed by atoms with Crippen LogP contribution >= 0.6 is 0 Å². The lowest BCUT2D eigenvalue weighted by molar-refractivity contribution is -0.118. The molecule has 0 aliphatic rings. The van der Waals surface area contributed by atoms with Crippen LogP contribution in [0.15, 0.2) is 10.6 Å². The van der Waals surface area contributed by atoms with Crippen molar-refractivity contribution in [1.82, 2.24) is 10.1 Å². The van der Waals surface area contributed by atoms with Crippen LogP contribution in [0.25, 0.3) is 0 Å². The summed E-state index contributed by atoms with van der Waals surface area (Å²) in [5.74, 6) is 0.305. The van der Waals surface area contributed by atoms with Gasteiger partial charge in [0.05, 0.1) is 12.2 Å². The maximum absolute atomic E-state index is 11.8. The second kappa shape index (κ2) is 5.52. The highest BCUT2D eigenvalue weighted by Crippen LogP contribution is 2.22. The first-order chi connectivity index (χ1) is 8.20. The Bertz CT molecular complexity index is 407. The van der Waals surface area contributed by atoms with Gasteiger partial charge < -0.3 is 4.52 Å². The van der Waals surface area contributed by atoms with E-state index in [1.165, 1.54) is 0 Å². The Labute approximate surface area is 109 Å². The van der Waals surface area contributed by atoms with E-state index < -0.39 is 0 Å². The summed E-state index contributed by atoms with van der Waals surface area (Å²) in [5.41, 5.74) is 0.888. The van der Waals surface area contributed by atoms with E-state index in [-0.39, 0.29) is 11.3 Å². The molecule has 1 heterocycles. The van der Waals surface area contributed by atoms with Gasteiger partial charge in [-0.05, 0) is 26.3 Å². The molecule has 0 aromatic carbocycles. The number of aryl methyl sites for hydroxylation is 1. The van der Waals surface area contributed by atoms with Crippen LogP contribution in [0.1, 0.15) is 33.4 Å². The Balaban J connectivity index is 2.50. The molecule has 1 atom stereocenters. The Kier molecular flexibility index (Phi) is 4.51. The number of rotatable bonds is 4. The second-order valence-electron chi connectivity index (χ2n) is 5.84. The van der Waals surface area contributed by atoms with Crippen molar-refractivity contribution in [3.8, 4) is 0 Å². The molecule has 102 valence electrons. The first-order valence-electron chi connectivity index (χ1n) is 6.13. The minimum atomic E-state index is -0.0928. The van der Waals surface area contributed by atoms with Crippen LogP contribution in [0.3, 0.4) is 0 Å². The third-order valence-electron chi connectivity index (χ3n) is 3.20. The summed E-state index contributed by atoms with van der Waals surface area (Å²) in [5, 5.41) is 6.41. The number of nitrogens with one attached hydrogen (secondary N) is 1. The Morgan fingerprint density at radius 1 is 1.56 bits per heavy atom. The molecule has 0 aliphatic heterocycles. The van der Waals surface area contributed by atoms with Crippen LogP contribution in [0, 0.1) is 12.3 Å². The van der Waals surface area contributed by atoms with Crippen molar-refractivity contribution in [3.05, 3.63) is 11.8 Å². The van der Waals surface area contributed by atoms with Crippen LogP contribution in [0.4, 0.5) is 5.88 Å². The van der Waals surface area contributed by atoms with Gasteiger partial charge in [-0.25, -0.2) is 0 Å². The number of carbonyl (C=O) groups is 1. The average molecular weight is 253 g/mol. The van der Waals surface area contributed by atoms with Gasteiger partial charge in [0.2, 0.25) is 11.8 Å². The molecular weight excluding hydrogens is 230 g/mol. The van der Waals surface area contributed by atoms with Crippen LogP contribution in [-0.4, -0.2) is 35.6 Å². The minimum absolute atomic E-state index is 0.0928. The van der Waals surface area contributed by atoms with Gasteiger partial charge in [-0.1, -0.05) is 25.9 Å². The number of likely N-dealkylation sites (N-methyl/N-ethyl adjacent to an activating group) is 1. The number of aromatic nitrogens is 1. The van der Waals surface area contributed by atoms with Gasteiger partial charge >= 0.3 is 0 Å². The Morgan fingerprint density at radius 3 is 2.61 bits per heavy atom. The molecule has 1 aromatic rings. The summed E-state index contributed by atoms with van der Waals surface area (Å²) >= 11 is 0. The van der Waals surface area contributed by atoms with E-state index in [4.69, 9.17) is 4.52 Å². The van der Waals surface area contributed by atoms with Crippen molar-refractivity contribution < 1.29 is 9.32 Å². The average Bonchev–Trinajstić information content (AvgIpc) is 2.61. The zero-order valence-electron chi connectivity index (χ0n) is 12.1. The molecule has 0 fully saturated rings. The fourth-order valence-electron chi connectivity index (χ4n) is 1.62. The topological polar surface area (TPSA) is 58.4 Å². The standard InChI is InChI=1S/C13H23N3O2/c1-9-7-12(18-15-9)14-11(17)8-16(6)10(2)13(3,4)5/h7,10H,8H2,1-6H3,(H,14,17)/t10-/m0/s1. The molecule has 5 heteroatoms. The molecule has 0 saturated carbocycles. The van der Waals surface area contributed by atoms with Crippen LogP contribution in [0.5, 0.6) is 0 Å². The predicted molar refractivity (Wildman–Crippen MR) is 71.4 cm³/mol. The molecule has 0 radical (unpaired) electrons. The largest absolute Gasteiger partial charge is 0.338 e. The highest BCUT2D eigenvalue weighted by atomic mass is 16.5. The Hall–Kier alpha value is -1.36. The molecule has 0 saturated heterocycles. The van der Waals surface area contributed by atoms with Gasteiger partial charge in [-0.15, -0.1) is 0 Å². The Morgan fingerprint density at radius 2 is 2.17 bits per heavy atom. The van der Waals surface area contributed by atoms with E-state index in [1.807, 2.05) is 18.9 Å². The SMILES string of the molecule is Cc1cc(NC(=O)CN(C)[C@@H](C)C(C)(C)C)on1. The molecule has 0 unspecified atom stereocenters. The fourth-order valence-corrected chi connectivity index (χ4v) is 1.62. The van der Waals surface area contributed by atoms with Gasteiger partial charge in [0.1, 0.15) is 0 Å². The van der Waals surface area contributed by atoms with Gasteiger partial charge in [-0.2, -0.15) is 0 Å². The lowest BCUT2D eigenvalue weighted by Gasteiger charge is -2.34. The van der Waals surface area contributed by atoms with Crippen molar-refractivity contribution in [2.24, 2.45) is 5.41 Å². The number of hydrogen-bond acceptors (Lipinski definition) is 4. The second-order valence-corrected chi connectivity index (χ2v) is 5.84. The van der Waals surface area contributed by atoms with Crippen molar-refractivity contribution in [2.45, 2.75) is 40.7 Å². The number of nitrogens with zero attached hydrogens (tertiary/aromatic N) is 2. The summed E-state index contributed by atoms with van der Waals surface area (Å²) in [6, 6.07) is 2.00. The number of carbonyl (C=O) groups excluding carboxylic acids is 1. The molecule has 1 aromatic heterocycles. The molecule has 1 rings (SSSR count). The molecule has 1 amide bonds. The fraction of sp³-hybridized carbons (Fsp3) is 0.692. The van der Waals surface area contributed by atoms with E-state index in [0.717, 1.165) is 5.69 Å². The van der Waals surface area contributed by atoms with Crippen LogP contribution in [0.2, 0.25) is 0 Å². The molecule has 0 spiro atoms. The zero-order chi connectivity index (χ0) is 13.9. The lowest BCUT2D eigenvalue weighted by Crippen LogP contribution is -2.43. The van der Waals surface area contributed by atoms with Crippen molar-refractivity contribution in [1.29, 1.82) is 0 Å². The highest BCUT2D eigenvalue weighted by Gasteiger charge is 2.25. The predicted octanol–water partition coefficient (Wildman–Crippen LogP) is 2.29. The number of amides is 1. The van der Waals surface area contributed by atoms with Crippen molar-refractivity contribution in [3.63, 3.8) is 0 Å².